The topological polar surface area (TPSA) is 59.9 Å². The van der Waals surface area contributed by atoms with E-state index < -0.39 is 5.60 Å². The number of aromatic nitrogens is 1. The molecule has 30 heavy (non-hydrogen) atoms. The second-order valence-corrected chi connectivity index (χ2v) is 9.05. The van der Waals surface area contributed by atoms with Crippen LogP contribution in [0.2, 0.25) is 0 Å². The van der Waals surface area contributed by atoms with Crippen molar-refractivity contribution in [2.24, 2.45) is 5.92 Å². The highest BCUT2D eigenvalue weighted by Crippen LogP contribution is 2.31. The van der Waals surface area contributed by atoms with E-state index in [1.54, 1.807) is 13.8 Å². The molecule has 0 spiro atoms. The lowest BCUT2D eigenvalue weighted by molar-refractivity contribution is -0.120. The molecule has 1 amide bonds. The second kappa shape index (κ2) is 8.36. The van der Waals surface area contributed by atoms with E-state index in [9.17, 15) is 9.90 Å². The number of hydrogen-bond donors (Lipinski definition) is 1. The number of benzene rings is 1. The lowest BCUT2D eigenvalue weighted by Gasteiger charge is -2.35. The maximum atomic E-state index is 13.2. The lowest BCUT2D eigenvalue weighted by atomic mass is 9.98. The summed E-state index contributed by atoms with van der Waals surface area (Å²) >= 11 is 0. The van der Waals surface area contributed by atoms with Crippen LogP contribution in [0.4, 0.5) is 11.4 Å². The molecule has 160 valence electrons. The fourth-order valence-electron chi connectivity index (χ4n) is 4.39. The van der Waals surface area contributed by atoms with Crippen LogP contribution in [0.1, 0.15) is 31.5 Å². The number of carbonyl (C=O) groups is 1. The van der Waals surface area contributed by atoms with Crippen LogP contribution in [0.5, 0.6) is 0 Å². The average molecular weight is 409 g/mol. The molecule has 0 saturated carbocycles. The summed E-state index contributed by atoms with van der Waals surface area (Å²) in [6, 6.07) is 11.8. The molecule has 2 aromatic rings. The Hall–Kier alpha value is -2.44. The van der Waals surface area contributed by atoms with Gasteiger partial charge in [0.2, 0.25) is 5.91 Å². The molecule has 2 fully saturated rings. The van der Waals surface area contributed by atoms with Crippen molar-refractivity contribution in [3.63, 3.8) is 0 Å². The van der Waals surface area contributed by atoms with Gasteiger partial charge in [-0.05, 0) is 57.1 Å². The Balaban J connectivity index is 1.46. The fraction of sp³-hybridized carbons (Fsp3) is 0.500. The second-order valence-electron chi connectivity index (χ2n) is 9.05. The number of nitrogens with zero attached hydrogens (tertiary/aromatic N) is 4. The molecule has 0 bridgehead atoms. The van der Waals surface area contributed by atoms with Crippen LogP contribution < -0.4 is 9.80 Å². The highest BCUT2D eigenvalue weighted by Gasteiger charge is 2.34. The minimum atomic E-state index is -0.880. The average Bonchev–Trinajstić information content (AvgIpc) is 3.09. The van der Waals surface area contributed by atoms with E-state index in [-0.39, 0.29) is 11.8 Å². The van der Waals surface area contributed by atoms with Crippen molar-refractivity contribution < 1.29 is 9.90 Å². The standard InChI is InChI=1S/C24H32N4O2/c1-24(2,30)19-6-8-20(9-7-19)28-12-10-18(23(28)29)17-21-22(5-4-11-25-21)27-15-13-26(3)14-16-27/h4-9,11,18,30H,10,12-17H2,1-3H3. The van der Waals surface area contributed by atoms with Crippen molar-refractivity contribution in [2.75, 3.05) is 49.6 Å². The molecular weight excluding hydrogens is 376 g/mol. The number of aliphatic hydroxyl groups is 1. The largest absolute Gasteiger partial charge is 0.386 e. The number of carbonyl (C=O) groups excluding carboxylic acids is 1. The summed E-state index contributed by atoms with van der Waals surface area (Å²) in [5.41, 5.74) is 3.07. The van der Waals surface area contributed by atoms with E-state index in [1.165, 1.54) is 5.69 Å². The van der Waals surface area contributed by atoms with Gasteiger partial charge in [-0.1, -0.05) is 12.1 Å². The van der Waals surface area contributed by atoms with Crippen LogP contribution in [0.25, 0.3) is 0 Å². The van der Waals surface area contributed by atoms with Gasteiger partial charge in [-0.2, -0.15) is 0 Å². The predicted molar refractivity (Wildman–Crippen MR) is 120 cm³/mol. The third-order valence-electron chi connectivity index (χ3n) is 6.35. The minimum Gasteiger partial charge on any atom is -0.386 e. The van der Waals surface area contributed by atoms with Crippen molar-refractivity contribution in [2.45, 2.75) is 32.3 Å². The number of pyridine rings is 1. The van der Waals surface area contributed by atoms with Gasteiger partial charge in [0.1, 0.15) is 0 Å². The first-order valence-electron chi connectivity index (χ1n) is 10.8. The molecule has 6 nitrogen and oxygen atoms in total. The predicted octanol–water partition coefficient (Wildman–Crippen LogP) is 2.66. The Bertz CT molecular complexity index is 883. The zero-order valence-electron chi connectivity index (χ0n) is 18.2. The number of amides is 1. The molecular formula is C24H32N4O2. The maximum absolute atomic E-state index is 13.2. The quantitative estimate of drug-likeness (QED) is 0.824. The number of likely N-dealkylation sites (N-methyl/N-ethyl adjacent to an activating group) is 1. The van der Waals surface area contributed by atoms with Crippen LogP contribution in [0.15, 0.2) is 42.6 Å². The Morgan fingerprint density at radius 1 is 1.07 bits per heavy atom. The molecule has 2 aliphatic rings. The van der Waals surface area contributed by atoms with Gasteiger partial charge in [0.15, 0.2) is 0 Å². The summed E-state index contributed by atoms with van der Waals surface area (Å²) < 4.78 is 0. The van der Waals surface area contributed by atoms with Gasteiger partial charge in [0.25, 0.3) is 0 Å². The van der Waals surface area contributed by atoms with Crippen LogP contribution in [-0.2, 0) is 16.8 Å². The van der Waals surface area contributed by atoms with Gasteiger partial charge < -0.3 is 19.8 Å². The SMILES string of the molecule is CN1CCN(c2cccnc2CC2CCN(c3ccc(C(C)(C)O)cc3)C2=O)CC1. The summed E-state index contributed by atoms with van der Waals surface area (Å²) in [6.07, 6.45) is 3.35. The third kappa shape index (κ3) is 4.35. The summed E-state index contributed by atoms with van der Waals surface area (Å²) in [6.45, 7) is 8.34. The lowest BCUT2D eigenvalue weighted by Crippen LogP contribution is -2.45. The third-order valence-corrected chi connectivity index (χ3v) is 6.35. The van der Waals surface area contributed by atoms with Gasteiger partial charge in [-0.3, -0.25) is 9.78 Å². The molecule has 6 heteroatoms. The van der Waals surface area contributed by atoms with Crippen LogP contribution in [-0.4, -0.2) is 60.7 Å². The Kier molecular flexibility index (Phi) is 5.80. The first-order valence-corrected chi connectivity index (χ1v) is 10.8. The molecule has 2 saturated heterocycles. The van der Waals surface area contributed by atoms with Gasteiger partial charge in [-0.15, -0.1) is 0 Å². The molecule has 4 rings (SSSR count). The number of piperazine rings is 1. The molecule has 2 aliphatic heterocycles. The summed E-state index contributed by atoms with van der Waals surface area (Å²) in [5.74, 6) is 0.126. The molecule has 0 radical (unpaired) electrons. The van der Waals surface area contributed by atoms with Crippen molar-refractivity contribution in [3.8, 4) is 0 Å². The highest BCUT2D eigenvalue weighted by molar-refractivity contribution is 5.97. The van der Waals surface area contributed by atoms with E-state index in [1.807, 2.05) is 41.4 Å². The monoisotopic (exact) mass is 408 g/mol. The van der Waals surface area contributed by atoms with Crippen LogP contribution >= 0.6 is 0 Å². The van der Waals surface area contributed by atoms with Gasteiger partial charge in [0.05, 0.1) is 17.0 Å². The fourth-order valence-corrected chi connectivity index (χ4v) is 4.39. The number of hydrogen-bond acceptors (Lipinski definition) is 5. The number of anilines is 2. The van der Waals surface area contributed by atoms with Crippen LogP contribution in [0.3, 0.4) is 0 Å². The Morgan fingerprint density at radius 2 is 1.77 bits per heavy atom. The van der Waals surface area contributed by atoms with Gasteiger partial charge in [0, 0.05) is 56.9 Å². The van der Waals surface area contributed by atoms with E-state index in [2.05, 4.69) is 27.9 Å². The smallest absolute Gasteiger partial charge is 0.230 e. The molecule has 0 aliphatic carbocycles. The number of rotatable bonds is 5. The summed E-state index contributed by atoms with van der Waals surface area (Å²) in [7, 11) is 2.15. The first-order chi connectivity index (χ1) is 14.3. The molecule has 1 aromatic heterocycles. The van der Waals surface area contributed by atoms with E-state index >= 15 is 0 Å². The minimum absolute atomic E-state index is 0.0416. The normalized spacial score (nSPS) is 20.8. The van der Waals surface area contributed by atoms with Crippen molar-refractivity contribution >= 4 is 17.3 Å². The van der Waals surface area contributed by atoms with Crippen molar-refractivity contribution in [1.29, 1.82) is 0 Å². The van der Waals surface area contributed by atoms with Crippen molar-refractivity contribution in [3.05, 3.63) is 53.9 Å². The van der Waals surface area contributed by atoms with E-state index in [0.29, 0.717) is 6.42 Å². The Labute approximate surface area is 179 Å². The van der Waals surface area contributed by atoms with Crippen molar-refractivity contribution in [1.82, 2.24) is 9.88 Å². The molecule has 1 atom stereocenters. The van der Waals surface area contributed by atoms with E-state index in [4.69, 9.17) is 0 Å². The first kappa shape index (κ1) is 20.8. The highest BCUT2D eigenvalue weighted by atomic mass is 16.3. The zero-order valence-corrected chi connectivity index (χ0v) is 18.2. The zero-order chi connectivity index (χ0) is 21.3. The molecule has 1 N–H and O–H groups in total. The Morgan fingerprint density at radius 3 is 2.43 bits per heavy atom. The van der Waals surface area contributed by atoms with Gasteiger partial charge >= 0.3 is 0 Å². The van der Waals surface area contributed by atoms with E-state index in [0.717, 1.165) is 56.1 Å². The molecule has 1 unspecified atom stereocenters. The summed E-state index contributed by atoms with van der Waals surface area (Å²) in [4.78, 5) is 24.4. The molecule has 1 aromatic carbocycles. The maximum Gasteiger partial charge on any atom is 0.230 e. The molecule has 3 heterocycles. The summed E-state index contributed by atoms with van der Waals surface area (Å²) in [5, 5.41) is 10.2. The van der Waals surface area contributed by atoms with Crippen LogP contribution in [0, 0.1) is 5.92 Å². The van der Waals surface area contributed by atoms with Gasteiger partial charge in [-0.25, -0.2) is 0 Å².